The van der Waals surface area contributed by atoms with Crippen LogP contribution in [-0.2, 0) is 0 Å². The Morgan fingerprint density at radius 2 is 2.07 bits per heavy atom. The van der Waals surface area contributed by atoms with Crippen LogP contribution in [0, 0.1) is 4.91 Å². The monoisotopic (exact) mass is 195 g/mol. The van der Waals surface area contributed by atoms with Gasteiger partial charge in [-0.15, -0.1) is 4.91 Å². The topological polar surface area (TPSA) is 58.9 Å². The summed E-state index contributed by atoms with van der Waals surface area (Å²) in [6, 6.07) is 2.96. The fourth-order valence-electron chi connectivity index (χ4n) is 1.28. The van der Waals surface area contributed by atoms with E-state index in [4.69, 9.17) is 4.74 Å². The Hall–Kier alpha value is -1.58. The standard InChI is InChI=1S/C10H13NO3/c1-6(2)7-4-10(14-3)9(12)5-8(7)11-13/h4-6,12H,1-3H3. The number of phenols is 1. The molecule has 0 unspecified atom stereocenters. The summed E-state index contributed by atoms with van der Waals surface area (Å²) >= 11 is 0. The Labute approximate surface area is 82.5 Å². The smallest absolute Gasteiger partial charge is 0.160 e. The maximum absolute atomic E-state index is 10.5. The number of methoxy groups -OCH3 is 1. The molecule has 0 amide bonds. The van der Waals surface area contributed by atoms with Crippen molar-refractivity contribution in [2.45, 2.75) is 19.8 Å². The maximum atomic E-state index is 10.5. The molecular weight excluding hydrogens is 182 g/mol. The van der Waals surface area contributed by atoms with Crippen LogP contribution in [0.1, 0.15) is 25.3 Å². The zero-order chi connectivity index (χ0) is 10.7. The van der Waals surface area contributed by atoms with Crippen LogP contribution in [0.2, 0.25) is 0 Å². The molecule has 1 rings (SSSR count). The van der Waals surface area contributed by atoms with Gasteiger partial charge in [-0.2, -0.15) is 0 Å². The Kier molecular flexibility index (Phi) is 3.06. The van der Waals surface area contributed by atoms with Crippen molar-refractivity contribution in [1.82, 2.24) is 0 Å². The van der Waals surface area contributed by atoms with Crippen molar-refractivity contribution in [2.24, 2.45) is 5.18 Å². The van der Waals surface area contributed by atoms with Crippen molar-refractivity contribution in [3.05, 3.63) is 22.6 Å². The van der Waals surface area contributed by atoms with Gasteiger partial charge in [0.15, 0.2) is 11.5 Å². The van der Waals surface area contributed by atoms with Crippen LogP contribution >= 0.6 is 0 Å². The summed E-state index contributed by atoms with van der Waals surface area (Å²) in [6.07, 6.45) is 0. The minimum atomic E-state index is -0.0634. The lowest BCUT2D eigenvalue weighted by molar-refractivity contribution is 0.373. The van der Waals surface area contributed by atoms with E-state index in [0.717, 1.165) is 5.56 Å². The van der Waals surface area contributed by atoms with Gasteiger partial charge in [-0.1, -0.05) is 13.8 Å². The number of nitrogens with zero attached hydrogens (tertiary/aromatic N) is 1. The maximum Gasteiger partial charge on any atom is 0.160 e. The number of rotatable bonds is 3. The molecule has 0 heterocycles. The van der Waals surface area contributed by atoms with Crippen LogP contribution in [0.5, 0.6) is 11.5 Å². The highest BCUT2D eigenvalue weighted by atomic mass is 16.5. The zero-order valence-electron chi connectivity index (χ0n) is 8.44. The molecule has 0 bridgehead atoms. The molecule has 0 aliphatic carbocycles. The average Bonchev–Trinajstić information content (AvgIpc) is 2.16. The van der Waals surface area contributed by atoms with E-state index >= 15 is 0 Å². The number of benzene rings is 1. The lowest BCUT2D eigenvalue weighted by atomic mass is 10.0. The Morgan fingerprint density at radius 3 is 2.50 bits per heavy atom. The highest BCUT2D eigenvalue weighted by Crippen LogP contribution is 2.37. The van der Waals surface area contributed by atoms with Crippen molar-refractivity contribution >= 4 is 5.69 Å². The van der Waals surface area contributed by atoms with Gasteiger partial charge in [0.25, 0.3) is 0 Å². The van der Waals surface area contributed by atoms with Crippen LogP contribution in [0.25, 0.3) is 0 Å². The Morgan fingerprint density at radius 1 is 1.43 bits per heavy atom. The fraction of sp³-hybridized carbons (Fsp3) is 0.400. The molecule has 0 saturated heterocycles. The first-order valence-corrected chi connectivity index (χ1v) is 4.34. The van der Waals surface area contributed by atoms with Crippen LogP contribution < -0.4 is 4.74 Å². The van der Waals surface area contributed by atoms with Gasteiger partial charge in [-0.3, -0.25) is 0 Å². The Balaban J connectivity index is 3.32. The molecule has 76 valence electrons. The van der Waals surface area contributed by atoms with Gasteiger partial charge in [0.1, 0.15) is 5.69 Å². The van der Waals surface area contributed by atoms with Gasteiger partial charge in [0, 0.05) is 6.07 Å². The molecule has 0 radical (unpaired) electrons. The van der Waals surface area contributed by atoms with E-state index < -0.39 is 0 Å². The SMILES string of the molecule is COc1cc(C(C)C)c(N=O)cc1O. The molecule has 0 aliphatic rings. The van der Waals surface area contributed by atoms with Gasteiger partial charge < -0.3 is 9.84 Å². The van der Waals surface area contributed by atoms with Gasteiger partial charge in [-0.05, 0) is 22.7 Å². The van der Waals surface area contributed by atoms with Crippen molar-refractivity contribution < 1.29 is 9.84 Å². The van der Waals surface area contributed by atoms with E-state index in [0.29, 0.717) is 5.75 Å². The highest BCUT2D eigenvalue weighted by molar-refractivity contribution is 5.57. The molecular formula is C10H13NO3. The van der Waals surface area contributed by atoms with Gasteiger partial charge >= 0.3 is 0 Å². The van der Waals surface area contributed by atoms with Gasteiger partial charge in [-0.25, -0.2) is 0 Å². The summed E-state index contributed by atoms with van der Waals surface area (Å²) in [7, 11) is 1.47. The summed E-state index contributed by atoms with van der Waals surface area (Å²) in [5.41, 5.74) is 1.04. The normalized spacial score (nSPS) is 10.3. The Bertz CT molecular complexity index is 347. The van der Waals surface area contributed by atoms with Gasteiger partial charge in [0.2, 0.25) is 0 Å². The molecule has 0 aliphatic heterocycles. The number of phenolic OH excluding ortho intramolecular Hbond substituents is 1. The number of hydrogen-bond acceptors (Lipinski definition) is 4. The highest BCUT2D eigenvalue weighted by Gasteiger charge is 2.12. The molecule has 0 saturated carbocycles. The number of hydrogen-bond donors (Lipinski definition) is 1. The molecule has 0 fully saturated rings. The molecule has 0 aromatic heterocycles. The molecule has 1 aromatic rings. The summed E-state index contributed by atoms with van der Waals surface area (Å²) < 4.78 is 4.94. The van der Waals surface area contributed by atoms with Gasteiger partial charge in [0.05, 0.1) is 7.11 Å². The van der Waals surface area contributed by atoms with E-state index in [1.54, 1.807) is 6.07 Å². The number of nitroso groups, excluding NO2 is 1. The quantitative estimate of drug-likeness (QED) is 0.754. The number of aromatic hydroxyl groups is 1. The molecule has 1 aromatic carbocycles. The second kappa shape index (κ2) is 4.09. The van der Waals surface area contributed by atoms with Crippen LogP contribution in [-0.4, -0.2) is 12.2 Å². The molecule has 0 spiro atoms. The third kappa shape index (κ3) is 1.84. The molecule has 0 atom stereocenters. The molecule has 4 nitrogen and oxygen atoms in total. The van der Waals surface area contributed by atoms with E-state index in [1.807, 2.05) is 13.8 Å². The lowest BCUT2D eigenvalue weighted by Crippen LogP contribution is -1.91. The third-order valence-corrected chi connectivity index (χ3v) is 2.05. The van der Waals surface area contributed by atoms with Crippen LogP contribution in [0.3, 0.4) is 0 Å². The first-order chi connectivity index (χ1) is 6.60. The van der Waals surface area contributed by atoms with Crippen LogP contribution in [0.4, 0.5) is 5.69 Å². The molecule has 14 heavy (non-hydrogen) atoms. The third-order valence-electron chi connectivity index (χ3n) is 2.05. The summed E-state index contributed by atoms with van der Waals surface area (Å²) in [5, 5.41) is 12.3. The number of ether oxygens (including phenoxy) is 1. The van der Waals surface area contributed by atoms with Crippen LogP contribution in [0.15, 0.2) is 17.3 Å². The van der Waals surface area contributed by atoms with E-state index in [9.17, 15) is 10.0 Å². The summed E-state index contributed by atoms with van der Waals surface area (Å²) in [6.45, 7) is 3.89. The minimum Gasteiger partial charge on any atom is -0.504 e. The van der Waals surface area contributed by atoms with Crippen molar-refractivity contribution in [2.75, 3.05) is 7.11 Å². The lowest BCUT2D eigenvalue weighted by Gasteiger charge is -2.10. The second-order valence-electron chi connectivity index (χ2n) is 3.33. The van der Waals surface area contributed by atoms with E-state index in [2.05, 4.69) is 5.18 Å². The van der Waals surface area contributed by atoms with Crippen molar-refractivity contribution in [1.29, 1.82) is 0 Å². The van der Waals surface area contributed by atoms with E-state index in [1.165, 1.54) is 13.2 Å². The molecule has 4 heteroatoms. The second-order valence-corrected chi connectivity index (χ2v) is 3.33. The summed E-state index contributed by atoms with van der Waals surface area (Å²) in [4.78, 5) is 10.5. The predicted molar refractivity (Wildman–Crippen MR) is 54.2 cm³/mol. The average molecular weight is 195 g/mol. The first-order valence-electron chi connectivity index (χ1n) is 4.34. The minimum absolute atomic E-state index is 0.0634. The molecule has 1 N–H and O–H groups in total. The summed E-state index contributed by atoms with van der Waals surface area (Å²) in [5.74, 6) is 0.463. The largest absolute Gasteiger partial charge is 0.504 e. The van der Waals surface area contributed by atoms with Crippen molar-refractivity contribution in [3.63, 3.8) is 0 Å². The van der Waals surface area contributed by atoms with Crippen molar-refractivity contribution in [3.8, 4) is 11.5 Å². The fourth-order valence-corrected chi connectivity index (χ4v) is 1.28. The zero-order valence-corrected chi connectivity index (χ0v) is 8.44. The first kappa shape index (κ1) is 10.5. The predicted octanol–water partition coefficient (Wildman–Crippen LogP) is 2.92. The van der Waals surface area contributed by atoms with E-state index in [-0.39, 0.29) is 17.4 Å².